The van der Waals surface area contributed by atoms with Gasteiger partial charge in [-0.15, -0.1) is 0 Å². The molecule has 0 bridgehead atoms. The van der Waals surface area contributed by atoms with Crippen molar-refractivity contribution in [2.75, 3.05) is 39.3 Å². The second kappa shape index (κ2) is 7.16. The highest BCUT2D eigenvalue weighted by Gasteiger charge is 2.17. The van der Waals surface area contributed by atoms with Gasteiger partial charge in [0.05, 0.1) is 0 Å². The van der Waals surface area contributed by atoms with E-state index in [0.717, 1.165) is 26.2 Å². The molecule has 0 aliphatic carbocycles. The Hall–Kier alpha value is -0.240. The monoisotopic (exact) mass is 234 g/mol. The first-order valence-electron chi connectivity index (χ1n) is 5.75. The van der Waals surface area contributed by atoms with Crippen LogP contribution in [0, 0.1) is 0 Å². The van der Waals surface area contributed by atoms with Gasteiger partial charge in [0.2, 0.25) is 0 Å². The normalized spacial score (nSPS) is 19.9. The Labute approximate surface area is 95.7 Å². The van der Waals surface area contributed by atoms with E-state index >= 15 is 0 Å². The molecule has 0 aromatic carbocycles. The molecule has 0 saturated carbocycles. The van der Waals surface area contributed by atoms with Crippen LogP contribution < -0.4 is 0 Å². The van der Waals surface area contributed by atoms with E-state index < -0.39 is 12.6 Å². The molecule has 6 nitrogen and oxygen atoms in total. The second-order valence-electron chi connectivity index (χ2n) is 4.22. The van der Waals surface area contributed by atoms with Gasteiger partial charge in [0.15, 0.2) is 12.6 Å². The zero-order valence-electron chi connectivity index (χ0n) is 9.49. The van der Waals surface area contributed by atoms with Gasteiger partial charge in [-0.1, -0.05) is 0 Å². The quantitative estimate of drug-likeness (QED) is 0.398. The maximum absolute atomic E-state index is 8.74. The summed E-state index contributed by atoms with van der Waals surface area (Å²) < 4.78 is 0. The predicted octanol–water partition coefficient (Wildman–Crippen LogP) is -1.99. The Bertz CT molecular complexity index is 162. The summed E-state index contributed by atoms with van der Waals surface area (Å²) in [5.41, 5.74) is 0. The van der Waals surface area contributed by atoms with Crippen LogP contribution >= 0.6 is 0 Å². The zero-order chi connectivity index (χ0) is 12.0. The average Bonchev–Trinajstić information content (AvgIpc) is 2.25. The van der Waals surface area contributed by atoms with Crippen molar-refractivity contribution in [2.24, 2.45) is 0 Å². The third-order valence-corrected chi connectivity index (χ3v) is 2.87. The molecular formula is C10H22N2O4. The molecule has 0 aromatic heterocycles. The molecule has 0 radical (unpaired) electrons. The maximum Gasteiger partial charge on any atom is 0.152 e. The van der Waals surface area contributed by atoms with Gasteiger partial charge < -0.3 is 30.2 Å². The van der Waals surface area contributed by atoms with Crippen LogP contribution in [-0.4, -0.2) is 82.1 Å². The Balaban J connectivity index is 2.09. The molecule has 16 heavy (non-hydrogen) atoms. The zero-order valence-corrected chi connectivity index (χ0v) is 9.49. The number of rotatable bonds is 6. The lowest BCUT2D eigenvalue weighted by Gasteiger charge is -2.34. The van der Waals surface area contributed by atoms with Gasteiger partial charge in [0.25, 0.3) is 0 Å². The Morgan fingerprint density at radius 2 is 1.00 bits per heavy atom. The minimum atomic E-state index is -1.22. The van der Waals surface area contributed by atoms with Crippen LogP contribution in [-0.2, 0) is 0 Å². The summed E-state index contributed by atoms with van der Waals surface area (Å²) in [5.74, 6) is 0. The van der Waals surface area contributed by atoms with E-state index in [1.807, 2.05) is 0 Å². The SMILES string of the molecule is OC(O)CCN1CCN(CCC(O)O)CC1. The highest BCUT2D eigenvalue weighted by molar-refractivity contribution is 4.72. The highest BCUT2D eigenvalue weighted by Crippen LogP contribution is 2.04. The summed E-state index contributed by atoms with van der Waals surface area (Å²) in [5, 5.41) is 35.0. The molecule has 0 aromatic rings. The first kappa shape index (κ1) is 13.8. The first-order valence-corrected chi connectivity index (χ1v) is 5.75. The molecule has 0 spiro atoms. The summed E-state index contributed by atoms with van der Waals surface area (Å²) in [6.07, 6.45) is -1.67. The molecule has 4 N–H and O–H groups in total. The largest absolute Gasteiger partial charge is 0.368 e. The Kier molecular flexibility index (Phi) is 6.18. The molecule has 0 atom stereocenters. The maximum atomic E-state index is 8.74. The van der Waals surface area contributed by atoms with Crippen LogP contribution in [0.15, 0.2) is 0 Å². The van der Waals surface area contributed by atoms with Crippen molar-refractivity contribution >= 4 is 0 Å². The Morgan fingerprint density at radius 1 is 0.688 bits per heavy atom. The van der Waals surface area contributed by atoms with Gasteiger partial charge >= 0.3 is 0 Å². The second-order valence-corrected chi connectivity index (χ2v) is 4.22. The lowest BCUT2D eigenvalue weighted by molar-refractivity contribution is -0.0577. The number of hydrogen-bond donors (Lipinski definition) is 4. The van der Waals surface area contributed by atoms with Crippen LogP contribution in [0.2, 0.25) is 0 Å². The molecule has 1 heterocycles. The molecule has 1 fully saturated rings. The minimum Gasteiger partial charge on any atom is -0.368 e. The Morgan fingerprint density at radius 3 is 1.25 bits per heavy atom. The van der Waals surface area contributed by atoms with E-state index in [4.69, 9.17) is 20.4 Å². The van der Waals surface area contributed by atoms with Crippen LogP contribution in [0.3, 0.4) is 0 Å². The number of piperazine rings is 1. The van der Waals surface area contributed by atoms with Crippen molar-refractivity contribution < 1.29 is 20.4 Å². The van der Waals surface area contributed by atoms with E-state index in [1.165, 1.54) is 0 Å². The lowest BCUT2D eigenvalue weighted by atomic mass is 10.2. The van der Waals surface area contributed by atoms with E-state index in [1.54, 1.807) is 0 Å². The highest BCUT2D eigenvalue weighted by atomic mass is 16.5. The fraction of sp³-hybridized carbons (Fsp3) is 1.00. The van der Waals surface area contributed by atoms with E-state index in [9.17, 15) is 0 Å². The lowest BCUT2D eigenvalue weighted by Crippen LogP contribution is -2.47. The molecule has 1 rings (SSSR count). The van der Waals surface area contributed by atoms with Crippen molar-refractivity contribution in [3.05, 3.63) is 0 Å². The fourth-order valence-electron chi connectivity index (χ4n) is 1.83. The van der Waals surface area contributed by atoms with Crippen LogP contribution in [0.5, 0.6) is 0 Å². The van der Waals surface area contributed by atoms with E-state index in [-0.39, 0.29) is 0 Å². The number of aliphatic hydroxyl groups is 4. The number of aliphatic hydroxyl groups excluding tert-OH is 2. The summed E-state index contributed by atoms with van der Waals surface area (Å²) >= 11 is 0. The van der Waals surface area contributed by atoms with E-state index in [2.05, 4.69) is 9.80 Å². The van der Waals surface area contributed by atoms with Gasteiger partial charge in [-0.25, -0.2) is 0 Å². The number of nitrogens with zero attached hydrogens (tertiary/aromatic N) is 2. The smallest absolute Gasteiger partial charge is 0.152 e. The topological polar surface area (TPSA) is 87.4 Å². The summed E-state index contributed by atoms with van der Waals surface area (Å²) in [4.78, 5) is 4.37. The van der Waals surface area contributed by atoms with Crippen LogP contribution in [0.4, 0.5) is 0 Å². The average molecular weight is 234 g/mol. The molecule has 6 heteroatoms. The van der Waals surface area contributed by atoms with Crippen LogP contribution in [0.25, 0.3) is 0 Å². The van der Waals surface area contributed by atoms with Gasteiger partial charge in [0, 0.05) is 52.1 Å². The summed E-state index contributed by atoms with van der Waals surface area (Å²) in [7, 11) is 0. The van der Waals surface area contributed by atoms with Gasteiger partial charge in [0.1, 0.15) is 0 Å². The van der Waals surface area contributed by atoms with Crippen molar-refractivity contribution in [1.29, 1.82) is 0 Å². The minimum absolute atomic E-state index is 0.384. The molecule has 96 valence electrons. The van der Waals surface area contributed by atoms with Gasteiger partial charge in [-0.2, -0.15) is 0 Å². The molecular weight excluding hydrogens is 212 g/mol. The van der Waals surface area contributed by atoms with Crippen molar-refractivity contribution in [2.45, 2.75) is 25.4 Å². The predicted molar refractivity (Wildman–Crippen MR) is 58.6 cm³/mol. The van der Waals surface area contributed by atoms with Crippen molar-refractivity contribution in [1.82, 2.24) is 9.80 Å². The van der Waals surface area contributed by atoms with Gasteiger partial charge in [-0.3, -0.25) is 0 Å². The standard InChI is InChI=1S/C10H22N2O4/c13-9(14)1-3-11-5-7-12(8-6-11)4-2-10(15)16/h9-10,13-16H,1-8H2. The molecule has 1 aliphatic heterocycles. The summed E-state index contributed by atoms with van der Waals surface area (Å²) in [6.45, 7) is 4.99. The van der Waals surface area contributed by atoms with Gasteiger partial charge in [-0.05, 0) is 0 Å². The molecule has 0 amide bonds. The molecule has 1 saturated heterocycles. The third-order valence-electron chi connectivity index (χ3n) is 2.87. The fourth-order valence-corrected chi connectivity index (χ4v) is 1.83. The first-order chi connectivity index (χ1) is 7.58. The molecule has 0 unspecified atom stereocenters. The third kappa shape index (κ3) is 5.74. The van der Waals surface area contributed by atoms with Crippen molar-refractivity contribution in [3.8, 4) is 0 Å². The molecule has 1 aliphatic rings. The van der Waals surface area contributed by atoms with Crippen LogP contribution in [0.1, 0.15) is 12.8 Å². The summed E-state index contributed by atoms with van der Waals surface area (Å²) in [6, 6.07) is 0. The van der Waals surface area contributed by atoms with Crippen molar-refractivity contribution in [3.63, 3.8) is 0 Å². The number of hydrogen-bond acceptors (Lipinski definition) is 6. The van der Waals surface area contributed by atoms with E-state index in [0.29, 0.717) is 25.9 Å².